The summed E-state index contributed by atoms with van der Waals surface area (Å²) in [4.78, 5) is 24.4. The highest BCUT2D eigenvalue weighted by Crippen LogP contribution is 2.41. The molecule has 31 heavy (non-hydrogen) atoms. The lowest BCUT2D eigenvalue weighted by Crippen LogP contribution is -2.45. The first-order valence-corrected chi connectivity index (χ1v) is 11.5. The Kier molecular flexibility index (Phi) is 5.76. The van der Waals surface area contributed by atoms with Crippen molar-refractivity contribution in [1.82, 2.24) is 15.4 Å². The SMILES string of the molecule is O=C(NN1CCCCC1)c1ccc2c(c1)N=C(c1ccc(Cl)cn1)c1ccccc1S2. The van der Waals surface area contributed by atoms with Crippen LogP contribution >= 0.6 is 23.4 Å². The quantitative estimate of drug-likeness (QED) is 0.449. The zero-order valence-corrected chi connectivity index (χ0v) is 18.4. The molecule has 3 heterocycles. The van der Waals surface area contributed by atoms with Crippen molar-refractivity contribution in [2.75, 3.05) is 13.1 Å². The normalized spacial score (nSPS) is 16.0. The minimum Gasteiger partial charge on any atom is -0.285 e. The molecule has 1 saturated heterocycles. The molecule has 5 rings (SSSR count). The summed E-state index contributed by atoms with van der Waals surface area (Å²) >= 11 is 7.70. The van der Waals surface area contributed by atoms with E-state index in [1.807, 2.05) is 53.5 Å². The average molecular weight is 449 g/mol. The highest BCUT2D eigenvalue weighted by molar-refractivity contribution is 7.99. The molecule has 2 aromatic carbocycles. The molecule has 0 bridgehead atoms. The molecule has 0 spiro atoms. The van der Waals surface area contributed by atoms with E-state index in [1.165, 1.54) is 6.42 Å². The fraction of sp³-hybridized carbons (Fsp3) is 0.208. The predicted molar refractivity (Wildman–Crippen MR) is 124 cm³/mol. The number of aromatic nitrogens is 1. The number of pyridine rings is 1. The van der Waals surface area contributed by atoms with Gasteiger partial charge in [0.15, 0.2) is 0 Å². The molecule has 1 fully saturated rings. The molecule has 156 valence electrons. The summed E-state index contributed by atoms with van der Waals surface area (Å²) in [5.41, 5.74) is 6.93. The fourth-order valence-corrected chi connectivity index (χ4v) is 4.92. The van der Waals surface area contributed by atoms with Crippen LogP contribution < -0.4 is 5.43 Å². The number of hydrogen-bond donors (Lipinski definition) is 1. The highest BCUT2D eigenvalue weighted by Gasteiger charge is 2.21. The number of piperidine rings is 1. The lowest BCUT2D eigenvalue weighted by atomic mass is 10.1. The molecule has 0 aliphatic carbocycles. The number of rotatable bonds is 3. The average Bonchev–Trinajstić information content (AvgIpc) is 2.96. The molecule has 0 radical (unpaired) electrons. The fourth-order valence-electron chi connectivity index (χ4n) is 3.81. The van der Waals surface area contributed by atoms with Crippen molar-refractivity contribution in [3.63, 3.8) is 0 Å². The molecule has 2 aliphatic rings. The van der Waals surface area contributed by atoms with Gasteiger partial charge in [0.2, 0.25) is 0 Å². The molecule has 3 aromatic rings. The van der Waals surface area contributed by atoms with E-state index in [9.17, 15) is 4.79 Å². The monoisotopic (exact) mass is 448 g/mol. The third-order valence-corrected chi connectivity index (χ3v) is 6.77. The molecule has 2 aliphatic heterocycles. The van der Waals surface area contributed by atoms with Crippen LogP contribution in [0.4, 0.5) is 5.69 Å². The van der Waals surface area contributed by atoms with Crippen molar-refractivity contribution in [1.29, 1.82) is 0 Å². The molecule has 1 aromatic heterocycles. The van der Waals surface area contributed by atoms with E-state index in [0.29, 0.717) is 10.6 Å². The minimum absolute atomic E-state index is 0.0992. The number of halogens is 1. The second-order valence-electron chi connectivity index (χ2n) is 7.59. The molecule has 7 heteroatoms. The van der Waals surface area contributed by atoms with Gasteiger partial charge in [0.1, 0.15) is 0 Å². The Bertz CT molecular complexity index is 1160. The van der Waals surface area contributed by atoms with Crippen LogP contribution in [0.2, 0.25) is 5.02 Å². The number of hydrogen-bond acceptors (Lipinski definition) is 5. The maximum Gasteiger partial charge on any atom is 0.265 e. The number of amides is 1. The van der Waals surface area contributed by atoms with Crippen LogP contribution in [0.3, 0.4) is 0 Å². The number of nitrogens with one attached hydrogen (secondary N) is 1. The summed E-state index contributed by atoms with van der Waals surface area (Å²) in [6.07, 6.45) is 5.07. The Morgan fingerprint density at radius 3 is 2.65 bits per heavy atom. The first-order chi connectivity index (χ1) is 15.2. The van der Waals surface area contributed by atoms with Gasteiger partial charge in [0.05, 0.1) is 22.1 Å². The molecule has 0 saturated carbocycles. The van der Waals surface area contributed by atoms with Crippen LogP contribution in [0.1, 0.15) is 40.9 Å². The van der Waals surface area contributed by atoms with E-state index >= 15 is 0 Å². The molecule has 1 amide bonds. The van der Waals surface area contributed by atoms with Gasteiger partial charge in [-0.25, -0.2) is 10.0 Å². The van der Waals surface area contributed by atoms with E-state index in [-0.39, 0.29) is 5.91 Å². The molecule has 0 atom stereocenters. The number of fused-ring (bicyclic) bond motifs is 2. The van der Waals surface area contributed by atoms with Crippen molar-refractivity contribution >= 4 is 40.7 Å². The third kappa shape index (κ3) is 4.37. The Morgan fingerprint density at radius 1 is 1.00 bits per heavy atom. The van der Waals surface area contributed by atoms with Crippen molar-refractivity contribution in [3.8, 4) is 0 Å². The molecular formula is C24H21ClN4OS. The van der Waals surface area contributed by atoms with E-state index < -0.39 is 0 Å². The van der Waals surface area contributed by atoms with Crippen LogP contribution in [0.15, 0.2) is 75.6 Å². The molecular weight excluding hydrogens is 428 g/mol. The number of carbonyl (C=O) groups excluding carboxylic acids is 1. The van der Waals surface area contributed by atoms with Gasteiger partial charge in [-0.15, -0.1) is 0 Å². The summed E-state index contributed by atoms with van der Waals surface area (Å²) < 4.78 is 0. The van der Waals surface area contributed by atoms with Gasteiger partial charge in [-0.2, -0.15) is 0 Å². The predicted octanol–water partition coefficient (Wildman–Crippen LogP) is 5.50. The van der Waals surface area contributed by atoms with Gasteiger partial charge in [-0.1, -0.05) is 48.0 Å². The third-order valence-electron chi connectivity index (χ3n) is 5.40. The Morgan fingerprint density at radius 2 is 1.84 bits per heavy atom. The number of nitrogens with zero attached hydrogens (tertiary/aromatic N) is 3. The summed E-state index contributed by atoms with van der Waals surface area (Å²) in [5, 5.41) is 2.59. The van der Waals surface area contributed by atoms with Crippen LogP contribution in [0.25, 0.3) is 0 Å². The van der Waals surface area contributed by atoms with E-state index in [0.717, 1.165) is 58.4 Å². The summed E-state index contributed by atoms with van der Waals surface area (Å²) in [7, 11) is 0. The van der Waals surface area contributed by atoms with Crippen molar-refractivity contribution in [2.24, 2.45) is 4.99 Å². The lowest BCUT2D eigenvalue weighted by molar-refractivity contribution is 0.0750. The summed E-state index contributed by atoms with van der Waals surface area (Å²) in [6, 6.07) is 17.5. The second-order valence-corrected chi connectivity index (χ2v) is 9.11. The first-order valence-electron chi connectivity index (χ1n) is 10.4. The van der Waals surface area contributed by atoms with Crippen molar-refractivity contribution < 1.29 is 4.79 Å². The van der Waals surface area contributed by atoms with Crippen LogP contribution in [-0.2, 0) is 0 Å². The van der Waals surface area contributed by atoms with Crippen LogP contribution in [0.5, 0.6) is 0 Å². The standard InChI is InChI=1S/C24H21ClN4OS/c25-17-9-10-19(26-15-17)23-18-6-2-3-7-21(18)31-22-11-8-16(14-20(22)27-23)24(30)28-29-12-4-1-5-13-29/h2-3,6-11,14-15H,1,4-5,12-13H2,(H,28,30). The zero-order valence-electron chi connectivity index (χ0n) is 16.8. The molecule has 5 nitrogen and oxygen atoms in total. The molecule has 0 unspecified atom stereocenters. The zero-order chi connectivity index (χ0) is 21.2. The van der Waals surface area contributed by atoms with Gasteiger partial charge in [0, 0.05) is 40.2 Å². The number of benzene rings is 2. The van der Waals surface area contributed by atoms with Crippen LogP contribution in [0, 0.1) is 0 Å². The minimum atomic E-state index is -0.0992. The van der Waals surface area contributed by atoms with Gasteiger partial charge < -0.3 is 0 Å². The Balaban J connectivity index is 1.54. The molecule has 1 N–H and O–H groups in total. The number of carbonyl (C=O) groups is 1. The summed E-state index contributed by atoms with van der Waals surface area (Å²) in [6.45, 7) is 1.79. The maximum atomic E-state index is 12.9. The maximum absolute atomic E-state index is 12.9. The van der Waals surface area contributed by atoms with Gasteiger partial charge in [-0.3, -0.25) is 15.2 Å². The number of hydrazine groups is 1. The summed E-state index contributed by atoms with van der Waals surface area (Å²) in [5.74, 6) is -0.0992. The largest absolute Gasteiger partial charge is 0.285 e. The lowest BCUT2D eigenvalue weighted by Gasteiger charge is -2.26. The van der Waals surface area contributed by atoms with E-state index in [2.05, 4.69) is 16.5 Å². The second kappa shape index (κ2) is 8.83. The Hall–Kier alpha value is -2.67. The first kappa shape index (κ1) is 20.2. The van der Waals surface area contributed by atoms with E-state index in [1.54, 1.807) is 18.0 Å². The number of aliphatic imine (C=N–C) groups is 1. The van der Waals surface area contributed by atoms with Crippen LogP contribution in [-0.4, -0.2) is 34.7 Å². The van der Waals surface area contributed by atoms with Gasteiger partial charge >= 0.3 is 0 Å². The van der Waals surface area contributed by atoms with E-state index in [4.69, 9.17) is 16.6 Å². The highest BCUT2D eigenvalue weighted by atomic mass is 35.5. The van der Waals surface area contributed by atoms with Gasteiger partial charge in [0.25, 0.3) is 5.91 Å². The Labute approximate surface area is 190 Å². The van der Waals surface area contributed by atoms with Crippen molar-refractivity contribution in [3.05, 3.63) is 82.6 Å². The topological polar surface area (TPSA) is 57.6 Å². The van der Waals surface area contributed by atoms with Gasteiger partial charge in [-0.05, 0) is 49.2 Å². The smallest absolute Gasteiger partial charge is 0.265 e. The van der Waals surface area contributed by atoms with Crippen molar-refractivity contribution in [2.45, 2.75) is 29.1 Å².